The Kier molecular flexibility index (Phi) is 4.77. The number of amides is 1. The predicted molar refractivity (Wildman–Crippen MR) is 86.9 cm³/mol. The summed E-state index contributed by atoms with van der Waals surface area (Å²) in [6.07, 6.45) is -2.51. The number of hydrogen-bond donors (Lipinski definition) is 3. The molecule has 132 valence electrons. The van der Waals surface area contributed by atoms with Crippen LogP contribution in [0, 0.1) is 5.82 Å². The average Bonchev–Trinajstić information content (AvgIpc) is 3.21. The lowest BCUT2D eigenvalue weighted by atomic mass is 10.1. The van der Waals surface area contributed by atoms with Crippen molar-refractivity contribution in [3.05, 3.63) is 57.0 Å². The third-order valence-electron chi connectivity index (χ3n) is 3.67. The number of hydrogen-bond acceptors (Lipinski definition) is 7. The van der Waals surface area contributed by atoms with Crippen molar-refractivity contribution in [2.75, 3.05) is 11.9 Å². The standard InChI is InChI=1S/C15H14FN3O5S/c1-7-11(21)9(6-20)24-14(7)19-5-8(16)12(18-15(19)23)17-13(22)10-3-2-4-25-10/h2-5,9,11,14,20-21H,1,6H2,(H,17,18,22,23)/t9-,11+,14-/m1/s1. The minimum atomic E-state index is -1.19. The second-order valence-corrected chi connectivity index (χ2v) is 6.24. The Labute approximate surface area is 144 Å². The SMILES string of the molecule is C=C1[C@H](n2cc(F)c(NC(=O)c3cccs3)nc2=O)O[C@H](CO)[C@H]1O. The van der Waals surface area contributed by atoms with Gasteiger partial charge < -0.3 is 20.3 Å². The van der Waals surface area contributed by atoms with Gasteiger partial charge in [-0.1, -0.05) is 12.6 Å². The maximum Gasteiger partial charge on any atom is 0.352 e. The summed E-state index contributed by atoms with van der Waals surface area (Å²) in [5.41, 5.74) is -0.808. The lowest BCUT2D eigenvalue weighted by Crippen LogP contribution is -2.30. The van der Waals surface area contributed by atoms with Crippen molar-refractivity contribution < 1.29 is 24.1 Å². The van der Waals surface area contributed by atoms with Crippen LogP contribution < -0.4 is 11.0 Å². The number of thiophene rings is 1. The highest BCUT2D eigenvalue weighted by Crippen LogP contribution is 2.32. The van der Waals surface area contributed by atoms with Crippen LogP contribution in [-0.4, -0.2) is 44.5 Å². The second kappa shape index (κ2) is 6.84. The van der Waals surface area contributed by atoms with Gasteiger partial charge in [0.15, 0.2) is 17.9 Å². The number of carbonyl (C=O) groups is 1. The van der Waals surface area contributed by atoms with Crippen LogP contribution in [0.15, 0.2) is 40.7 Å². The van der Waals surface area contributed by atoms with Crippen molar-refractivity contribution >= 4 is 23.1 Å². The van der Waals surface area contributed by atoms with Crippen LogP contribution in [0.25, 0.3) is 0 Å². The molecule has 0 radical (unpaired) electrons. The topological polar surface area (TPSA) is 114 Å². The predicted octanol–water partition coefficient (Wildman–Crippen LogP) is 0.503. The summed E-state index contributed by atoms with van der Waals surface area (Å²) in [6, 6.07) is 3.21. The third kappa shape index (κ3) is 3.24. The van der Waals surface area contributed by atoms with Gasteiger partial charge in [0.05, 0.1) is 17.7 Å². The van der Waals surface area contributed by atoms with Gasteiger partial charge in [0.1, 0.15) is 12.2 Å². The van der Waals surface area contributed by atoms with E-state index in [-0.39, 0.29) is 5.57 Å². The van der Waals surface area contributed by atoms with Crippen molar-refractivity contribution in [3.63, 3.8) is 0 Å². The van der Waals surface area contributed by atoms with E-state index in [1.165, 1.54) is 0 Å². The van der Waals surface area contributed by atoms with Crippen LogP contribution in [0.3, 0.4) is 0 Å². The van der Waals surface area contributed by atoms with E-state index in [4.69, 9.17) is 9.84 Å². The Morgan fingerprint density at radius 2 is 2.32 bits per heavy atom. The monoisotopic (exact) mass is 367 g/mol. The number of aromatic nitrogens is 2. The number of carbonyl (C=O) groups excluding carboxylic acids is 1. The van der Waals surface area contributed by atoms with E-state index in [0.717, 1.165) is 22.1 Å². The zero-order valence-electron chi connectivity index (χ0n) is 12.8. The number of anilines is 1. The van der Waals surface area contributed by atoms with Gasteiger partial charge in [0.2, 0.25) is 0 Å². The molecule has 0 unspecified atom stereocenters. The summed E-state index contributed by atoms with van der Waals surface area (Å²) in [5.74, 6) is -2.05. The van der Waals surface area contributed by atoms with Gasteiger partial charge in [0.25, 0.3) is 5.91 Å². The molecule has 0 spiro atoms. The molecule has 0 aromatic carbocycles. The largest absolute Gasteiger partial charge is 0.394 e. The molecule has 0 saturated carbocycles. The van der Waals surface area contributed by atoms with E-state index < -0.39 is 48.3 Å². The number of halogens is 1. The highest BCUT2D eigenvalue weighted by atomic mass is 32.1. The highest BCUT2D eigenvalue weighted by Gasteiger charge is 2.39. The normalized spacial score (nSPS) is 23.0. The van der Waals surface area contributed by atoms with Crippen LogP contribution in [0.2, 0.25) is 0 Å². The summed E-state index contributed by atoms with van der Waals surface area (Å²) in [6.45, 7) is 3.11. The highest BCUT2D eigenvalue weighted by molar-refractivity contribution is 7.12. The molecule has 10 heteroatoms. The molecular formula is C15H14FN3O5S. The first-order chi connectivity index (χ1) is 11.9. The number of nitrogens with zero attached hydrogens (tertiary/aromatic N) is 2. The van der Waals surface area contributed by atoms with E-state index in [1.54, 1.807) is 17.5 Å². The minimum absolute atomic E-state index is 0.0951. The van der Waals surface area contributed by atoms with Gasteiger partial charge in [0, 0.05) is 5.57 Å². The Hall–Kier alpha value is -2.40. The Morgan fingerprint density at radius 1 is 1.56 bits per heavy atom. The molecule has 3 atom stereocenters. The number of ether oxygens (including phenoxy) is 1. The van der Waals surface area contributed by atoms with Gasteiger partial charge in [-0.3, -0.25) is 9.36 Å². The number of aliphatic hydroxyl groups is 2. The lowest BCUT2D eigenvalue weighted by Gasteiger charge is -2.15. The smallest absolute Gasteiger partial charge is 0.352 e. The maximum absolute atomic E-state index is 14.3. The van der Waals surface area contributed by atoms with E-state index in [0.29, 0.717) is 4.88 Å². The maximum atomic E-state index is 14.3. The number of rotatable bonds is 4. The minimum Gasteiger partial charge on any atom is -0.394 e. The van der Waals surface area contributed by atoms with Crippen LogP contribution in [0.5, 0.6) is 0 Å². The molecule has 1 aliphatic heterocycles. The zero-order chi connectivity index (χ0) is 18.1. The molecule has 3 rings (SSSR count). The fraction of sp³-hybridized carbons (Fsp3) is 0.267. The van der Waals surface area contributed by atoms with Crippen LogP contribution >= 0.6 is 11.3 Å². The number of aliphatic hydroxyl groups excluding tert-OH is 2. The molecule has 3 N–H and O–H groups in total. The van der Waals surface area contributed by atoms with Crippen molar-refractivity contribution in [3.8, 4) is 0 Å². The summed E-state index contributed by atoms with van der Waals surface area (Å²) in [7, 11) is 0. The average molecular weight is 367 g/mol. The van der Waals surface area contributed by atoms with Crippen molar-refractivity contribution in [2.45, 2.75) is 18.4 Å². The van der Waals surface area contributed by atoms with Crippen LogP contribution in [0.1, 0.15) is 15.9 Å². The van der Waals surface area contributed by atoms with Gasteiger partial charge >= 0.3 is 5.69 Å². The van der Waals surface area contributed by atoms with Crippen molar-refractivity contribution in [1.29, 1.82) is 0 Å². The molecule has 1 aliphatic rings. The van der Waals surface area contributed by atoms with E-state index >= 15 is 0 Å². The molecule has 1 saturated heterocycles. The quantitative estimate of drug-likeness (QED) is 0.679. The summed E-state index contributed by atoms with van der Waals surface area (Å²) < 4.78 is 20.4. The molecule has 25 heavy (non-hydrogen) atoms. The molecule has 1 fully saturated rings. The molecular weight excluding hydrogens is 353 g/mol. The molecule has 0 aliphatic carbocycles. The fourth-order valence-electron chi connectivity index (χ4n) is 2.38. The molecule has 0 bridgehead atoms. The van der Waals surface area contributed by atoms with Crippen molar-refractivity contribution in [1.82, 2.24) is 9.55 Å². The van der Waals surface area contributed by atoms with Gasteiger partial charge in [-0.25, -0.2) is 9.18 Å². The first-order valence-corrected chi connectivity index (χ1v) is 8.07. The summed E-state index contributed by atoms with van der Waals surface area (Å²) in [5, 5.41) is 22.9. The van der Waals surface area contributed by atoms with E-state index in [9.17, 15) is 19.1 Å². The third-order valence-corrected chi connectivity index (χ3v) is 4.54. The van der Waals surface area contributed by atoms with Gasteiger partial charge in [-0.15, -0.1) is 11.3 Å². The Bertz CT molecular complexity index is 867. The molecule has 3 heterocycles. The summed E-state index contributed by atoms with van der Waals surface area (Å²) >= 11 is 1.16. The molecule has 2 aromatic rings. The first-order valence-electron chi connectivity index (χ1n) is 7.19. The second-order valence-electron chi connectivity index (χ2n) is 5.29. The number of nitrogens with one attached hydrogen (secondary N) is 1. The van der Waals surface area contributed by atoms with E-state index in [1.807, 2.05) is 0 Å². The molecule has 8 nitrogen and oxygen atoms in total. The van der Waals surface area contributed by atoms with Crippen molar-refractivity contribution in [2.24, 2.45) is 0 Å². The Morgan fingerprint density at radius 3 is 2.92 bits per heavy atom. The van der Waals surface area contributed by atoms with Gasteiger partial charge in [-0.2, -0.15) is 4.98 Å². The van der Waals surface area contributed by atoms with Crippen LogP contribution in [-0.2, 0) is 4.74 Å². The lowest BCUT2D eigenvalue weighted by molar-refractivity contribution is -0.0449. The van der Waals surface area contributed by atoms with Crippen LogP contribution in [0.4, 0.5) is 10.2 Å². The van der Waals surface area contributed by atoms with E-state index in [2.05, 4.69) is 16.9 Å². The Balaban J connectivity index is 1.87. The molecule has 2 aromatic heterocycles. The first kappa shape index (κ1) is 17.4. The zero-order valence-corrected chi connectivity index (χ0v) is 13.6. The van der Waals surface area contributed by atoms with Gasteiger partial charge in [-0.05, 0) is 11.4 Å². The molecule has 1 amide bonds. The fourth-order valence-corrected chi connectivity index (χ4v) is 3.00. The summed E-state index contributed by atoms with van der Waals surface area (Å²) in [4.78, 5) is 28.0.